The number of amides is 1. The lowest BCUT2D eigenvalue weighted by Crippen LogP contribution is -2.44. The van der Waals surface area contributed by atoms with Gasteiger partial charge in [-0.25, -0.2) is 0 Å². The summed E-state index contributed by atoms with van der Waals surface area (Å²) in [7, 11) is 0. The van der Waals surface area contributed by atoms with Crippen molar-refractivity contribution in [1.29, 1.82) is 0 Å². The van der Waals surface area contributed by atoms with Crippen molar-refractivity contribution in [3.63, 3.8) is 0 Å². The second-order valence-corrected chi connectivity index (χ2v) is 3.86. The van der Waals surface area contributed by atoms with E-state index in [9.17, 15) is 4.79 Å². The fraction of sp³-hybridized carbons (Fsp3) is 0.889. The van der Waals surface area contributed by atoms with Crippen molar-refractivity contribution in [3.05, 3.63) is 0 Å². The zero-order valence-corrected chi connectivity index (χ0v) is 8.09. The van der Waals surface area contributed by atoms with E-state index in [2.05, 4.69) is 0 Å². The highest BCUT2D eigenvalue weighted by atomic mass is 16.5. The van der Waals surface area contributed by atoms with E-state index in [0.717, 1.165) is 6.42 Å². The summed E-state index contributed by atoms with van der Waals surface area (Å²) in [5.41, 5.74) is -0.105. The third-order valence-corrected chi connectivity index (χ3v) is 2.17. The number of ether oxygens (including phenoxy) is 1. The van der Waals surface area contributed by atoms with E-state index in [1.165, 1.54) is 0 Å². The van der Waals surface area contributed by atoms with Gasteiger partial charge in [-0.1, -0.05) is 6.92 Å². The van der Waals surface area contributed by atoms with Gasteiger partial charge in [-0.15, -0.1) is 0 Å². The molecule has 0 aromatic rings. The van der Waals surface area contributed by atoms with Gasteiger partial charge in [0, 0.05) is 6.42 Å². The quantitative estimate of drug-likeness (QED) is 0.628. The van der Waals surface area contributed by atoms with E-state index in [-0.39, 0.29) is 11.4 Å². The number of rotatable bonds is 2. The molecule has 1 rings (SSSR count). The monoisotopic (exact) mass is 171 g/mol. The van der Waals surface area contributed by atoms with Crippen LogP contribution in [0.4, 0.5) is 0 Å². The summed E-state index contributed by atoms with van der Waals surface area (Å²) in [5.74, 6) is 0.208. The summed E-state index contributed by atoms with van der Waals surface area (Å²) < 4.78 is 5.24. The predicted molar refractivity (Wildman–Crippen MR) is 46.7 cm³/mol. The Hall–Kier alpha value is -0.570. The van der Waals surface area contributed by atoms with Gasteiger partial charge < -0.3 is 9.64 Å². The highest BCUT2D eigenvalue weighted by Crippen LogP contribution is 2.22. The van der Waals surface area contributed by atoms with Crippen molar-refractivity contribution in [2.45, 2.75) is 39.2 Å². The van der Waals surface area contributed by atoms with Crippen molar-refractivity contribution in [1.82, 2.24) is 4.90 Å². The van der Waals surface area contributed by atoms with Crippen LogP contribution in [0.2, 0.25) is 0 Å². The molecular formula is C9H17NO2. The van der Waals surface area contributed by atoms with Gasteiger partial charge in [0.2, 0.25) is 5.91 Å². The largest absolute Gasteiger partial charge is 0.359 e. The molecule has 1 aliphatic rings. The van der Waals surface area contributed by atoms with Crippen LogP contribution in [0.3, 0.4) is 0 Å². The summed E-state index contributed by atoms with van der Waals surface area (Å²) in [6, 6.07) is 0. The van der Waals surface area contributed by atoms with Gasteiger partial charge in [-0.05, 0) is 20.3 Å². The minimum Gasteiger partial charge on any atom is -0.359 e. The molecule has 1 fully saturated rings. The van der Waals surface area contributed by atoms with Crippen molar-refractivity contribution in [3.8, 4) is 0 Å². The van der Waals surface area contributed by atoms with Gasteiger partial charge in [0.15, 0.2) is 0 Å². The smallest absolute Gasteiger partial charge is 0.224 e. The number of hydrogen-bond acceptors (Lipinski definition) is 2. The molecular weight excluding hydrogens is 154 g/mol. The van der Waals surface area contributed by atoms with E-state index in [4.69, 9.17) is 4.74 Å². The minimum atomic E-state index is -0.105. The van der Waals surface area contributed by atoms with E-state index < -0.39 is 0 Å². The molecule has 0 aliphatic carbocycles. The standard InChI is InChI=1S/C9H17NO2/c1-4-5-8(11)10-7-12-6-9(10,2)3/h4-7H2,1-3H3. The zero-order valence-electron chi connectivity index (χ0n) is 8.09. The molecule has 1 saturated heterocycles. The predicted octanol–water partition coefficient (Wildman–Crippen LogP) is 1.38. The summed E-state index contributed by atoms with van der Waals surface area (Å²) in [4.78, 5) is 13.3. The Morgan fingerprint density at radius 3 is 2.67 bits per heavy atom. The van der Waals surface area contributed by atoms with E-state index in [0.29, 0.717) is 19.8 Å². The molecule has 0 bridgehead atoms. The lowest BCUT2D eigenvalue weighted by Gasteiger charge is -2.28. The second-order valence-electron chi connectivity index (χ2n) is 3.86. The Bertz CT molecular complexity index is 177. The highest BCUT2D eigenvalue weighted by Gasteiger charge is 2.35. The molecule has 1 heterocycles. The normalized spacial score (nSPS) is 21.4. The number of hydrogen-bond donors (Lipinski definition) is 0. The summed E-state index contributed by atoms with van der Waals surface area (Å²) in [6.07, 6.45) is 1.54. The van der Waals surface area contributed by atoms with Crippen LogP contribution in [0, 0.1) is 0 Å². The molecule has 12 heavy (non-hydrogen) atoms. The second kappa shape index (κ2) is 3.44. The van der Waals surface area contributed by atoms with Crippen molar-refractivity contribution in [2.24, 2.45) is 0 Å². The van der Waals surface area contributed by atoms with Crippen LogP contribution in [-0.2, 0) is 9.53 Å². The van der Waals surface area contributed by atoms with E-state index >= 15 is 0 Å². The Labute approximate surface area is 73.7 Å². The first-order valence-corrected chi connectivity index (χ1v) is 4.46. The average molecular weight is 171 g/mol. The Balaban J connectivity index is 2.56. The molecule has 3 nitrogen and oxygen atoms in total. The molecule has 0 spiro atoms. The van der Waals surface area contributed by atoms with Crippen LogP contribution < -0.4 is 0 Å². The molecule has 0 saturated carbocycles. The first kappa shape index (κ1) is 9.52. The van der Waals surface area contributed by atoms with Crippen LogP contribution in [0.5, 0.6) is 0 Å². The van der Waals surface area contributed by atoms with Gasteiger partial charge in [0.1, 0.15) is 6.73 Å². The lowest BCUT2D eigenvalue weighted by molar-refractivity contribution is -0.135. The number of carbonyl (C=O) groups is 1. The SMILES string of the molecule is CCCC(=O)N1COCC1(C)C. The first-order valence-electron chi connectivity index (χ1n) is 4.46. The highest BCUT2D eigenvalue weighted by molar-refractivity contribution is 5.77. The van der Waals surface area contributed by atoms with Crippen LogP contribution >= 0.6 is 0 Å². The van der Waals surface area contributed by atoms with Crippen LogP contribution in [-0.4, -0.2) is 29.7 Å². The van der Waals surface area contributed by atoms with Gasteiger partial charge in [-0.2, -0.15) is 0 Å². The van der Waals surface area contributed by atoms with Gasteiger partial charge in [0.25, 0.3) is 0 Å². The lowest BCUT2D eigenvalue weighted by atomic mass is 10.1. The molecule has 0 aromatic carbocycles. The van der Waals surface area contributed by atoms with Crippen molar-refractivity contribution < 1.29 is 9.53 Å². The average Bonchev–Trinajstić information content (AvgIpc) is 2.30. The Kier molecular flexibility index (Phi) is 2.73. The van der Waals surface area contributed by atoms with Crippen LogP contribution in [0.15, 0.2) is 0 Å². The van der Waals surface area contributed by atoms with Crippen molar-refractivity contribution in [2.75, 3.05) is 13.3 Å². The first-order chi connectivity index (χ1) is 5.58. The maximum absolute atomic E-state index is 11.5. The molecule has 1 aliphatic heterocycles. The van der Waals surface area contributed by atoms with E-state index in [1.54, 1.807) is 0 Å². The fourth-order valence-electron chi connectivity index (χ4n) is 1.40. The topological polar surface area (TPSA) is 29.5 Å². The molecule has 1 amide bonds. The van der Waals surface area contributed by atoms with Crippen molar-refractivity contribution >= 4 is 5.91 Å². The van der Waals surface area contributed by atoms with Crippen LogP contribution in [0.25, 0.3) is 0 Å². The van der Waals surface area contributed by atoms with Crippen LogP contribution in [0.1, 0.15) is 33.6 Å². The fourth-order valence-corrected chi connectivity index (χ4v) is 1.40. The summed E-state index contributed by atoms with van der Waals surface area (Å²) in [5, 5.41) is 0. The van der Waals surface area contributed by atoms with E-state index in [1.807, 2.05) is 25.7 Å². The summed E-state index contributed by atoms with van der Waals surface area (Å²) >= 11 is 0. The molecule has 0 radical (unpaired) electrons. The molecule has 3 heteroatoms. The van der Waals surface area contributed by atoms with Gasteiger partial charge >= 0.3 is 0 Å². The van der Waals surface area contributed by atoms with Gasteiger partial charge in [-0.3, -0.25) is 4.79 Å². The molecule has 70 valence electrons. The molecule has 0 atom stereocenters. The van der Waals surface area contributed by atoms with Gasteiger partial charge in [0.05, 0.1) is 12.1 Å². The molecule has 0 aromatic heterocycles. The number of nitrogens with zero attached hydrogens (tertiary/aromatic N) is 1. The summed E-state index contributed by atoms with van der Waals surface area (Å²) in [6.45, 7) is 7.21. The molecule has 0 unspecified atom stereocenters. The maximum Gasteiger partial charge on any atom is 0.224 e. The third-order valence-electron chi connectivity index (χ3n) is 2.17. The third kappa shape index (κ3) is 1.78. The Morgan fingerprint density at radius 2 is 2.25 bits per heavy atom. The maximum atomic E-state index is 11.5. The minimum absolute atomic E-state index is 0.105. The molecule has 0 N–H and O–H groups in total. The number of carbonyl (C=O) groups excluding carboxylic acids is 1. The zero-order chi connectivity index (χ0) is 9.19. The Morgan fingerprint density at radius 1 is 1.58 bits per heavy atom.